The molecule has 0 aliphatic carbocycles. The Morgan fingerprint density at radius 1 is 1.30 bits per heavy atom. The Morgan fingerprint density at radius 3 is 3.00 bits per heavy atom. The Balaban J connectivity index is 2.50. The minimum atomic E-state index is 0.183. The Morgan fingerprint density at radius 2 is 2.20 bits per heavy atom. The second-order valence-corrected chi connectivity index (χ2v) is 2.42. The number of H-pyrrole nitrogens is 1. The highest BCUT2D eigenvalue weighted by molar-refractivity contribution is 5.99. The number of hydrogen-bond acceptors (Lipinski definition) is 2. The minimum Gasteiger partial charge on any atom is -0.367 e. The first-order valence-electron chi connectivity index (χ1n) is 3.27. The molecule has 0 radical (unpaired) electrons. The van der Waals surface area contributed by atoms with Gasteiger partial charge in [-0.3, -0.25) is 4.79 Å². The van der Waals surface area contributed by atoms with Crippen LogP contribution >= 0.6 is 0 Å². The molecule has 1 aliphatic heterocycles. The smallest absolute Gasteiger partial charge is 0.178 e. The summed E-state index contributed by atoms with van der Waals surface area (Å²) in [5.74, 6) is 0.183. The van der Waals surface area contributed by atoms with Gasteiger partial charge >= 0.3 is 0 Å². The molecule has 0 bridgehead atoms. The maximum atomic E-state index is 11.1. The predicted octanol–water partition coefficient (Wildman–Crippen LogP) is 0.301. The van der Waals surface area contributed by atoms with Gasteiger partial charge in [0.25, 0.3) is 0 Å². The summed E-state index contributed by atoms with van der Waals surface area (Å²) >= 11 is 0. The largest absolute Gasteiger partial charge is 0.367 e. The van der Waals surface area contributed by atoms with E-state index < -0.39 is 0 Å². The van der Waals surface area contributed by atoms with Crippen molar-refractivity contribution < 1.29 is 4.79 Å². The summed E-state index contributed by atoms with van der Waals surface area (Å²) in [6, 6.07) is 0. The maximum Gasteiger partial charge on any atom is 0.178 e. The number of ketones is 1. The third-order valence-electron chi connectivity index (χ3n) is 1.73. The van der Waals surface area contributed by atoms with Crippen LogP contribution in [0.2, 0.25) is 0 Å². The molecule has 2 heterocycles. The average Bonchev–Trinajstić information content (AvgIpc) is 2.36. The molecule has 0 atom stereocenters. The summed E-state index contributed by atoms with van der Waals surface area (Å²) in [5.41, 5.74) is 1.93. The fraction of sp³-hybridized carbons (Fsp3) is 0.286. The lowest BCUT2D eigenvalue weighted by molar-refractivity contribution is 0.0983. The summed E-state index contributed by atoms with van der Waals surface area (Å²) < 4.78 is 0. The van der Waals surface area contributed by atoms with Crippen LogP contribution < -0.4 is 5.32 Å². The number of aromatic amines is 1. The summed E-state index contributed by atoms with van der Waals surface area (Å²) in [7, 11) is 0. The van der Waals surface area contributed by atoms with E-state index in [1.165, 1.54) is 0 Å². The summed E-state index contributed by atoms with van der Waals surface area (Å²) in [6.07, 6.45) is 3.62. The Hall–Kier alpha value is -1.09. The lowest BCUT2D eigenvalue weighted by Crippen LogP contribution is -2.28. The first kappa shape index (κ1) is 5.68. The van der Waals surface area contributed by atoms with E-state index in [1.54, 1.807) is 6.20 Å². The standard InChI is InChI=1S/C7H8N2O/c10-7-4-9-2-5-1-8-3-6(5)7/h1,3,8-9H,2,4H2. The van der Waals surface area contributed by atoms with Crippen LogP contribution in [0, 0.1) is 0 Å². The van der Waals surface area contributed by atoms with Gasteiger partial charge in [-0.25, -0.2) is 0 Å². The number of aromatic nitrogens is 1. The number of hydrogen-bond donors (Lipinski definition) is 2. The van der Waals surface area contributed by atoms with Gasteiger partial charge in [-0.15, -0.1) is 0 Å². The number of fused-ring (bicyclic) bond motifs is 1. The quantitative estimate of drug-likeness (QED) is 0.538. The highest BCUT2D eigenvalue weighted by Gasteiger charge is 2.15. The fourth-order valence-corrected chi connectivity index (χ4v) is 1.21. The predicted molar refractivity (Wildman–Crippen MR) is 36.8 cm³/mol. The molecule has 1 aromatic rings. The van der Waals surface area contributed by atoms with Crippen LogP contribution in [-0.4, -0.2) is 17.3 Å². The molecule has 1 aromatic heterocycles. The monoisotopic (exact) mass is 136 g/mol. The highest BCUT2D eigenvalue weighted by Crippen LogP contribution is 2.11. The molecule has 0 spiro atoms. The molecule has 0 amide bonds. The highest BCUT2D eigenvalue weighted by atomic mass is 16.1. The van der Waals surface area contributed by atoms with E-state index in [-0.39, 0.29) is 5.78 Å². The molecule has 2 N–H and O–H groups in total. The lowest BCUT2D eigenvalue weighted by Gasteiger charge is -2.10. The number of carbonyl (C=O) groups is 1. The SMILES string of the molecule is O=C1CNCc2c[nH]cc21. The van der Waals surface area contributed by atoms with E-state index in [9.17, 15) is 4.79 Å². The molecule has 52 valence electrons. The van der Waals surface area contributed by atoms with Gasteiger partial charge in [0.1, 0.15) is 0 Å². The van der Waals surface area contributed by atoms with Gasteiger partial charge in [0.15, 0.2) is 5.78 Å². The van der Waals surface area contributed by atoms with Gasteiger partial charge < -0.3 is 10.3 Å². The molecule has 0 unspecified atom stereocenters. The van der Waals surface area contributed by atoms with Gasteiger partial charge in [0, 0.05) is 24.5 Å². The molecule has 2 rings (SSSR count). The van der Waals surface area contributed by atoms with Crippen molar-refractivity contribution in [1.29, 1.82) is 0 Å². The third-order valence-corrected chi connectivity index (χ3v) is 1.73. The maximum absolute atomic E-state index is 11.1. The molecule has 0 fully saturated rings. The zero-order chi connectivity index (χ0) is 6.97. The van der Waals surface area contributed by atoms with Crippen molar-refractivity contribution >= 4 is 5.78 Å². The summed E-state index contributed by atoms with van der Waals surface area (Å²) in [4.78, 5) is 14.0. The number of rotatable bonds is 0. The van der Waals surface area contributed by atoms with Crippen LogP contribution in [0.25, 0.3) is 0 Å². The second-order valence-electron chi connectivity index (χ2n) is 2.42. The van der Waals surface area contributed by atoms with Crippen molar-refractivity contribution in [3.8, 4) is 0 Å². The summed E-state index contributed by atoms with van der Waals surface area (Å²) in [5, 5.41) is 3.01. The van der Waals surface area contributed by atoms with Gasteiger partial charge in [0.2, 0.25) is 0 Å². The number of carbonyl (C=O) groups excluding carboxylic acids is 1. The second kappa shape index (κ2) is 1.95. The van der Waals surface area contributed by atoms with E-state index in [2.05, 4.69) is 10.3 Å². The van der Waals surface area contributed by atoms with Crippen molar-refractivity contribution in [3.63, 3.8) is 0 Å². The van der Waals surface area contributed by atoms with E-state index in [0.717, 1.165) is 17.7 Å². The van der Waals surface area contributed by atoms with Gasteiger partial charge in [-0.05, 0) is 5.56 Å². The zero-order valence-corrected chi connectivity index (χ0v) is 5.48. The molecule has 3 nitrogen and oxygen atoms in total. The van der Waals surface area contributed by atoms with Crippen LogP contribution in [0.4, 0.5) is 0 Å². The van der Waals surface area contributed by atoms with E-state index in [1.807, 2.05) is 6.20 Å². The molecular formula is C7H8N2O. The molecular weight excluding hydrogens is 128 g/mol. The van der Waals surface area contributed by atoms with Crippen LogP contribution in [0.5, 0.6) is 0 Å². The van der Waals surface area contributed by atoms with Crippen molar-refractivity contribution in [2.75, 3.05) is 6.54 Å². The summed E-state index contributed by atoms with van der Waals surface area (Å²) in [6.45, 7) is 1.29. The molecule has 10 heavy (non-hydrogen) atoms. The lowest BCUT2D eigenvalue weighted by atomic mass is 10.1. The van der Waals surface area contributed by atoms with E-state index >= 15 is 0 Å². The third kappa shape index (κ3) is 0.675. The van der Waals surface area contributed by atoms with Gasteiger partial charge in [0.05, 0.1) is 6.54 Å². The zero-order valence-electron chi connectivity index (χ0n) is 5.48. The molecule has 0 saturated carbocycles. The number of nitrogens with one attached hydrogen (secondary N) is 2. The fourth-order valence-electron chi connectivity index (χ4n) is 1.21. The minimum absolute atomic E-state index is 0.183. The first-order valence-corrected chi connectivity index (χ1v) is 3.27. The molecule has 0 aromatic carbocycles. The Kier molecular flexibility index (Phi) is 1.11. The van der Waals surface area contributed by atoms with Crippen molar-refractivity contribution in [2.45, 2.75) is 6.54 Å². The van der Waals surface area contributed by atoms with Crippen molar-refractivity contribution in [1.82, 2.24) is 10.3 Å². The average molecular weight is 136 g/mol. The van der Waals surface area contributed by atoms with Gasteiger partial charge in [-0.2, -0.15) is 0 Å². The topological polar surface area (TPSA) is 44.9 Å². The molecule has 3 heteroatoms. The van der Waals surface area contributed by atoms with Crippen molar-refractivity contribution in [3.05, 3.63) is 23.5 Å². The van der Waals surface area contributed by atoms with E-state index in [4.69, 9.17) is 0 Å². The Bertz CT molecular complexity index is 264. The van der Waals surface area contributed by atoms with Gasteiger partial charge in [-0.1, -0.05) is 0 Å². The molecule has 0 saturated heterocycles. The van der Waals surface area contributed by atoms with Crippen LogP contribution in [0.15, 0.2) is 12.4 Å². The Labute approximate surface area is 58.4 Å². The van der Waals surface area contributed by atoms with Crippen LogP contribution in [-0.2, 0) is 6.54 Å². The van der Waals surface area contributed by atoms with E-state index in [0.29, 0.717) is 6.54 Å². The molecule has 1 aliphatic rings. The van der Waals surface area contributed by atoms with Crippen LogP contribution in [0.3, 0.4) is 0 Å². The normalized spacial score (nSPS) is 17.0. The van der Waals surface area contributed by atoms with Crippen LogP contribution in [0.1, 0.15) is 15.9 Å². The van der Waals surface area contributed by atoms with Crippen molar-refractivity contribution in [2.24, 2.45) is 0 Å². The first-order chi connectivity index (χ1) is 4.88. The number of Topliss-reactive ketones (excluding diaryl/α,β-unsaturated/α-hetero) is 1.